The second kappa shape index (κ2) is 5.27. The summed E-state index contributed by atoms with van der Waals surface area (Å²) in [6, 6.07) is 10.1. The molecule has 0 aliphatic heterocycles. The van der Waals surface area contributed by atoms with Crippen LogP contribution in [-0.4, -0.2) is 21.5 Å². The molecule has 1 aromatic carbocycles. The first-order valence-corrected chi connectivity index (χ1v) is 6.00. The van der Waals surface area contributed by atoms with Gasteiger partial charge in [-0.3, -0.25) is 0 Å². The molecular weight excluding hydrogens is 268 g/mol. The molecule has 3 nitrogen and oxygen atoms in total. The summed E-state index contributed by atoms with van der Waals surface area (Å²) >= 11 is 3.43. The van der Waals surface area contributed by atoms with Gasteiger partial charge in [-0.1, -0.05) is 12.1 Å². The third-order valence-corrected chi connectivity index (χ3v) is 3.00. The maximum Gasteiger partial charge on any atom is 0.109 e. The maximum absolute atomic E-state index is 8.75. The van der Waals surface area contributed by atoms with Crippen LogP contribution in [0.4, 0.5) is 0 Å². The van der Waals surface area contributed by atoms with Crippen LogP contribution in [0, 0.1) is 0 Å². The van der Waals surface area contributed by atoms with Gasteiger partial charge in [-0.15, -0.1) is 0 Å². The zero-order valence-electron chi connectivity index (χ0n) is 8.81. The molecule has 1 aromatic heterocycles. The minimum Gasteiger partial charge on any atom is -0.396 e. The van der Waals surface area contributed by atoms with Crippen molar-refractivity contribution in [2.45, 2.75) is 12.8 Å². The highest BCUT2D eigenvalue weighted by Crippen LogP contribution is 2.16. The molecule has 0 saturated carbocycles. The van der Waals surface area contributed by atoms with Gasteiger partial charge in [-0.05, 0) is 52.5 Å². The minimum absolute atomic E-state index is 0.243. The van der Waals surface area contributed by atoms with Crippen molar-refractivity contribution in [1.29, 1.82) is 0 Å². The van der Waals surface area contributed by atoms with Crippen LogP contribution in [0.3, 0.4) is 0 Å². The average molecular weight is 281 g/mol. The van der Waals surface area contributed by atoms with Crippen molar-refractivity contribution in [2.24, 2.45) is 0 Å². The summed E-state index contributed by atoms with van der Waals surface area (Å²) < 4.78 is 2.77. The summed E-state index contributed by atoms with van der Waals surface area (Å²) in [7, 11) is 0. The van der Waals surface area contributed by atoms with Crippen LogP contribution >= 0.6 is 15.9 Å². The van der Waals surface area contributed by atoms with Gasteiger partial charge in [-0.2, -0.15) is 5.10 Å². The van der Waals surface area contributed by atoms with E-state index < -0.39 is 0 Å². The molecule has 1 heterocycles. The molecule has 4 heteroatoms. The molecule has 0 aliphatic carbocycles. The number of hydrogen-bond acceptors (Lipinski definition) is 2. The maximum atomic E-state index is 8.75. The van der Waals surface area contributed by atoms with Crippen LogP contribution in [0.1, 0.15) is 12.0 Å². The third-order valence-electron chi connectivity index (χ3n) is 2.40. The molecular formula is C12H13BrN2O. The van der Waals surface area contributed by atoms with Gasteiger partial charge in [0.15, 0.2) is 0 Å². The minimum atomic E-state index is 0.243. The number of benzene rings is 1. The highest BCUT2D eigenvalue weighted by atomic mass is 79.9. The fourth-order valence-corrected chi connectivity index (χ4v) is 1.98. The average Bonchev–Trinajstić information content (AvgIpc) is 2.74. The van der Waals surface area contributed by atoms with Crippen molar-refractivity contribution in [1.82, 2.24) is 9.78 Å². The molecule has 2 rings (SSSR count). The van der Waals surface area contributed by atoms with Crippen molar-refractivity contribution in [3.63, 3.8) is 0 Å². The lowest BCUT2D eigenvalue weighted by molar-refractivity contribution is 0.288. The lowest BCUT2D eigenvalue weighted by Gasteiger charge is -2.05. The van der Waals surface area contributed by atoms with Crippen LogP contribution in [-0.2, 0) is 6.42 Å². The summed E-state index contributed by atoms with van der Waals surface area (Å²) in [6.45, 7) is 0.243. The highest BCUT2D eigenvalue weighted by molar-refractivity contribution is 9.10. The number of halogens is 1. The summed E-state index contributed by atoms with van der Waals surface area (Å²) in [5.41, 5.74) is 2.27. The fourth-order valence-electron chi connectivity index (χ4n) is 1.56. The van der Waals surface area contributed by atoms with Crippen LogP contribution in [0.2, 0.25) is 0 Å². The number of rotatable bonds is 4. The molecule has 0 fully saturated rings. The Morgan fingerprint density at radius 2 is 1.94 bits per heavy atom. The van der Waals surface area contributed by atoms with Crippen LogP contribution < -0.4 is 0 Å². The van der Waals surface area contributed by atoms with E-state index in [0.717, 1.165) is 23.1 Å². The Kier molecular flexibility index (Phi) is 3.74. The number of aliphatic hydroxyl groups excluding tert-OH is 1. The van der Waals surface area contributed by atoms with Gasteiger partial charge in [0.05, 0.1) is 11.9 Å². The van der Waals surface area contributed by atoms with Gasteiger partial charge >= 0.3 is 0 Å². The van der Waals surface area contributed by atoms with E-state index in [9.17, 15) is 0 Å². The molecule has 84 valence electrons. The monoisotopic (exact) mass is 280 g/mol. The molecule has 0 amide bonds. The van der Waals surface area contributed by atoms with Crippen molar-refractivity contribution in [3.8, 4) is 5.69 Å². The van der Waals surface area contributed by atoms with Crippen LogP contribution in [0.25, 0.3) is 5.69 Å². The van der Waals surface area contributed by atoms with E-state index in [1.54, 1.807) is 6.20 Å². The normalized spacial score (nSPS) is 10.6. The lowest BCUT2D eigenvalue weighted by atomic mass is 10.1. The zero-order chi connectivity index (χ0) is 11.4. The molecule has 0 spiro atoms. The van der Waals surface area contributed by atoms with E-state index in [2.05, 4.69) is 33.2 Å². The lowest BCUT2D eigenvalue weighted by Crippen LogP contribution is -1.97. The Morgan fingerprint density at radius 1 is 1.19 bits per heavy atom. The second-order valence-electron chi connectivity index (χ2n) is 3.56. The van der Waals surface area contributed by atoms with Gasteiger partial charge in [0.2, 0.25) is 0 Å². The summed E-state index contributed by atoms with van der Waals surface area (Å²) in [5, 5.41) is 13.0. The van der Waals surface area contributed by atoms with E-state index in [1.807, 2.05) is 22.9 Å². The predicted octanol–water partition coefficient (Wildman–Crippen LogP) is 2.56. The number of aromatic nitrogens is 2. The molecule has 0 saturated heterocycles. The molecule has 0 radical (unpaired) electrons. The number of aliphatic hydroxyl groups is 1. The van der Waals surface area contributed by atoms with E-state index in [1.165, 1.54) is 5.56 Å². The topological polar surface area (TPSA) is 38.0 Å². The van der Waals surface area contributed by atoms with E-state index >= 15 is 0 Å². The van der Waals surface area contributed by atoms with Crippen molar-refractivity contribution < 1.29 is 5.11 Å². The van der Waals surface area contributed by atoms with Crippen molar-refractivity contribution in [3.05, 3.63) is 46.7 Å². The largest absolute Gasteiger partial charge is 0.396 e. The Hall–Kier alpha value is -1.13. The quantitative estimate of drug-likeness (QED) is 0.935. The number of aryl methyl sites for hydroxylation is 1. The predicted molar refractivity (Wildman–Crippen MR) is 66.7 cm³/mol. The SMILES string of the molecule is OCCCc1ccc(-n2nccc2Br)cc1. The third kappa shape index (κ3) is 2.51. The smallest absolute Gasteiger partial charge is 0.109 e. The van der Waals surface area contributed by atoms with Crippen molar-refractivity contribution in [2.75, 3.05) is 6.61 Å². The van der Waals surface area contributed by atoms with Crippen LogP contribution in [0.15, 0.2) is 41.1 Å². The summed E-state index contributed by atoms with van der Waals surface area (Å²) in [5.74, 6) is 0. The number of nitrogens with zero attached hydrogens (tertiary/aromatic N) is 2. The van der Waals surface area contributed by atoms with Gasteiger partial charge in [0.1, 0.15) is 4.60 Å². The zero-order valence-corrected chi connectivity index (χ0v) is 10.4. The second-order valence-corrected chi connectivity index (χ2v) is 4.37. The van der Waals surface area contributed by atoms with Gasteiger partial charge in [0, 0.05) is 6.61 Å². The molecule has 0 unspecified atom stereocenters. The molecule has 0 atom stereocenters. The first-order valence-electron chi connectivity index (χ1n) is 5.21. The van der Waals surface area contributed by atoms with Crippen LogP contribution in [0.5, 0.6) is 0 Å². The Balaban J connectivity index is 2.16. The standard InChI is InChI=1S/C12H13BrN2O/c13-12-7-8-14-15(12)11-5-3-10(4-6-11)2-1-9-16/h3-8,16H,1-2,9H2. The van der Waals surface area contributed by atoms with Gasteiger partial charge in [-0.25, -0.2) is 4.68 Å². The first kappa shape index (κ1) is 11.4. The van der Waals surface area contributed by atoms with Crippen molar-refractivity contribution >= 4 is 15.9 Å². The fraction of sp³-hybridized carbons (Fsp3) is 0.250. The van der Waals surface area contributed by atoms with E-state index in [4.69, 9.17) is 5.11 Å². The Morgan fingerprint density at radius 3 is 2.50 bits per heavy atom. The number of hydrogen-bond donors (Lipinski definition) is 1. The Bertz CT molecular complexity index is 450. The van der Waals surface area contributed by atoms with E-state index in [-0.39, 0.29) is 6.61 Å². The molecule has 0 bridgehead atoms. The van der Waals surface area contributed by atoms with Gasteiger partial charge < -0.3 is 5.11 Å². The van der Waals surface area contributed by atoms with Gasteiger partial charge in [0.25, 0.3) is 0 Å². The molecule has 16 heavy (non-hydrogen) atoms. The molecule has 2 aromatic rings. The summed E-state index contributed by atoms with van der Waals surface area (Å²) in [4.78, 5) is 0. The Labute approximate surface area is 103 Å². The molecule has 1 N–H and O–H groups in total. The molecule has 0 aliphatic rings. The summed E-state index contributed by atoms with van der Waals surface area (Å²) in [6.07, 6.45) is 3.48. The first-order chi connectivity index (χ1) is 7.81. The van der Waals surface area contributed by atoms with E-state index in [0.29, 0.717) is 0 Å². The highest BCUT2D eigenvalue weighted by Gasteiger charge is 2.01.